The van der Waals surface area contributed by atoms with Crippen LogP contribution in [0.4, 0.5) is 0 Å². The molecular weight excluding hydrogens is 266 g/mol. The summed E-state index contributed by atoms with van der Waals surface area (Å²) in [4.78, 5) is 0. The van der Waals surface area contributed by atoms with Crippen LogP contribution in [-0.4, -0.2) is 53.2 Å². The molecule has 1 unspecified atom stereocenters. The molecule has 0 aliphatic rings. The maximum Gasteiger partial charge on any atom is 0.0701 e. The zero-order valence-electron chi connectivity index (χ0n) is 13.3. The van der Waals surface area contributed by atoms with Crippen molar-refractivity contribution >= 4 is 0 Å². The molecule has 0 saturated carbocycles. The minimum absolute atomic E-state index is 0.501. The Morgan fingerprint density at radius 2 is 1.62 bits per heavy atom. The zero-order chi connectivity index (χ0) is 15.2. The normalized spacial score (nSPS) is 12.5. The smallest absolute Gasteiger partial charge is 0.0701 e. The Hall–Kier alpha value is -0.940. The first-order valence-corrected chi connectivity index (χ1v) is 7.78. The van der Waals surface area contributed by atoms with Crippen LogP contribution in [0.1, 0.15) is 24.8 Å². The van der Waals surface area contributed by atoms with Gasteiger partial charge in [0.25, 0.3) is 0 Å². The maximum absolute atomic E-state index is 5.65. The average Bonchev–Trinajstić information content (AvgIpc) is 2.53. The number of rotatable bonds is 13. The van der Waals surface area contributed by atoms with Crippen molar-refractivity contribution in [3.63, 3.8) is 0 Å². The van der Waals surface area contributed by atoms with Crippen LogP contribution in [0.15, 0.2) is 30.3 Å². The van der Waals surface area contributed by atoms with Crippen LogP contribution in [0.2, 0.25) is 0 Å². The van der Waals surface area contributed by atoms with Crippen molar-refractivity contribution in [1.29, 1.82) is 0 Å². The average molecular weight is 295 g/mol. The van der Waals surface area contributed by atoms with Gasteiger partial charge in [0.1, 0.15) is 0 Å². The van der Waals surface area contributed by atoms with Gasteiger partial charge >= 0.3 is 0 Å². The highest BCUT2D eigenvalue weighted by atomic mass is 16.5. The van der Waals surface area contributed by atoms with Gasteiger partial charge in [0.05, 0.1) is 26.4 Å². The van der Waals surface area contributed by atoms with E-state index in [1.165, 1.54) is 5.56 Å². The monoisotopic (exact) mass is 295 g/mol. The Bertz CT molecular complexity index is 332. The molecule has 0 aliphatic heterocycles. The molecule has 1 rings (SSSR count). The Morgan fingerprint density at radius 1 is 0.952 bits per heavy atom. The van der Waals surface area contributed by atoms with Crippen molar-refractivity contribution in [3.05, 3.63) is 35.9 Å². The molecule has 21 heavy (non-hydrogen) atoms. The predicted molar refractivity (Wildman–Crippen MR) is 85.9 cm³/mol. The lowest BCUT2D eigenvalue weighted by atomic mass is 9.96. The van der Waals surface area contributed by atoms with E-state index in [1.54, 1.807) is 7.11 Å². The predicted octanol–water partition coefficient (Wildman–Crippen LogP) is 2.45. The van der Waals surface area contributed by atoms with E-state index < -0.39 is 0 Å². The molecule has 1 atom stereocenters. The van der Waals surface area contributed by atoms with E-state index in [-0.39, 0.29) is 0 Å². The molecule has 0 amide bonds. The van der Waals surface area contributed by atoms with E-state index >= 15 is 0 Å². The Kier molecular flexibility index (Phi) is 11.0. The van der Waals surface area contributed by atoms with Crippen LogP contribution < -0.4 is 5.32 Å². The molecule has 0 bridgehead atoms. The molecule has 1 N–H and O–H groups in total. The van der Waals surface area contributed by atoms with E-state index in [0.29, 0.717) is 32.3 Å². The van der Waals surface area contributed by atoms with Crippen molar-refractivity contribution in [2.45, 2.75) is 19.3 Å². The van der Waals surface area contributed by atoms with Gasteiger partial charge in [0.15, 0.2) is 0 Å². The Balaban J connectivity index is 2.18. The SMILES string of the molecule is CCNCC(CCOCCOCCOC)c1ccccc1. The second-order valence-corrected chi connectivity index (χ2v) is 4.92. The van der Waals surface area contributed by atoms with Crippen molar-refractivity contribution in [3.8, 4) is 0 Å². The summed E-state index contributed by atoms with van der Waals surface area (Å²) >= 11 is 0. The highest BCUT2D eigenvalue weighted by molar-refractivity contribution is 5.19. The summed E-state index contributed by atoms with van der Waals surface area (Å²) < 4.78 is 15.9. The molecule has 1 aromatic rings. The molecule has 4 nitrogen and oxygen atoms in total. The number of ether oxygens (including phenoxy) is 3. The third kappa shape index (κ3) is 8.83. The van der Waals surface area contributed by atoms with E-state index in [9.17, 15) is 0 Å². The lowest BCUT2D eigenvalue weighted by molar-refractivity contribution is 0.0233. The highest BCUT2D eigenvalue weighted by Crippen LogP contribution is 2.18. The lowest BCUT2D eigenvalue weighted by Gasteiger charge is -2.18. The fraction of sp³-hybridized carbons (Fsp3) is 0.647. The van der Waals surface area contributed by atoms with Crippen LogP contribution in [-0.2, 0) is 14.2 Å². The minimum atomic E-state index is 0.501. The van der Waals surface area contributed by atoms with Gasteiger partial charge in [-0.25, -0.2) is 0 Å². The fourth-order valence-electron chi connectivity index (χ4n) is 2.12. The van der Waals surface area contributed by atoms with Gasteiger partial charge in [-0.1, -0.05) is 37.3 Å². The number of likely N-dealkylation sites (N-methyl/N-ethyl adjacent to an activating group) is 1. The Labute approximate surface area is 128 Å². The highest BCUT2D eigenvalue weighted by Gasteiger charge is 2.10. The third-order valence-electron chi connectivity index (χ3n) is 3.33. The van der Waals surface area contributed by atoms with Gasteiger partial charge in [0, 0.05) is 20.3 Å². The minimum Gasteiger partial charge on any atom is -0.382 e. The molecule has 0 aromatic heterocycles. The number of hydrogen-bond donors (Lipinski definition) is 1. The van der Waals surface area contributed by atoms with E-state index in [4.69, 9.17) is 14.2 Å². The summed E-state index contributed by atoms with van der Waals surface area (Å²) in [5.74, 6) is 0.501. The van der Waals surface area contributed by atoms with Crippen LogP contribution in [0.3, 0.4) is 0 Å². The number of nitrogens with one attached hydrogen (secondary N) is 1. The first-order chi connectivity index (χ1) is 10.4. The fourth-order valence-corrected chi connectivity index (χ4v) is 2.12. The Morgan fingerprint density at radius 3 is 2.29 bits per heavy atom. The van der Waals surface area contributed by atoms with Crippen molar-refractivity contribution in [2.75, 3.05) is 53.2 Å². The number of methoxy groups -OCH3 is 1. The van der Waals surface area contributed by atoms with Gasteiger partial charge in [-0.05, 0) is 24.4 Å². The molecule has 0 fully saturated rings. The summed E-state index contributed by atoms with van der Waals surface area (Å²) in [6, 6.07) is 10.6. The molecule has 120 valence electrons. The zero-order valence-corrected chi connectivity index (χ0v) is 13.3. The summed E-state index contributed by atoms with van der Waals surface area (Å²) in [6.07, 6.45) is 1.02. The van der Waals surface area contributed by atoms with Gasteiger partial charge in [-0.3, -0.25) is 0 Å². The number of benzene rings is 1. The third-order valence-corrected chi connectivity index (χ3v) is 3.33. The van der Waals surface area contributed by atoms with Crippen molar-refractivity contribution in [2.24, 2.45) is 0 Å². The van der Waals surface area contributed by atoms with Gasteiger partial charge in [-0.15, -0.1) is 0 Å². The maximum atomic E-state index is 5.65. The molecule has 1 aromatic carbocycles. The van der Waals surface area contributed by atoms with Crippen molar-refractivity contribution < 1.29 is 14.2 Å². The topological polar surface area (TPSA) is 39.7 Å². The second-order valence-electron chi connectivity index (χ2n) is 4.92. The first kappa shape index (κ1) is 18.1. The molecule has 4 heteroatoms. The van der Waals surface area contributed by atoms with Crippen molar-refractivity contribution in [1.82, 2.24) is 5.32 Å². The van der Waals surface area contributed by atoms with Gasteiger partial charge < -0.3 is 19.5 Å². The van der Waals surface area contributed by atoms with Crippen LogP contribution in [0.25, 0.3) is 0 Å². The van der Waals surface area contributed by atoms with Crippen LogP contribution in [0.5, 0.6) is 0 Å². The first-order valence-electron chi connectivity index (χ1n) is 7.78. The molecule has 0 spiro atoms. The van der Waals surface area contributed by atoms with E-state index in [1.807, 2.05) is 0 Å². The molecule has 0 heterocycles. The summed E-state index contributed by atoms with van der Waals surface area (Å²) in [5, 5.41) is 3.43. The summed E-state index contributed by atoms with van der Waals surface area (Å²) in [7, 11) is 1.67. The van der Waals surface area contributed by atoms with E-state index in [2.05, 4.69) is 42.6 Å². The number of hydrogen-bond acceptors (Lipinski definition) is 4. The second kappa shape index (κ2) is 12.8. The molecule has 0 aliphatic carbocycles. The van der Waals surface area contributed by atoms with Gasteiger partial charge in [-0.2, -0.15) is 0 Å². The quantitative estimate of drug-likeness (QED) is 0.567. The van der Waals surface area contributed by atoms with E-state index in [0.717, 1.165) is 26.1 Å². The molecular formula is C17H29NO3. The standard InChI is InChI=1S/C17H29NO3/c1-3-18-15-17(16-7-5-4-6-8-16)9-10-20-13-14-21-12-11-19-2/h4-8,17-18H,3,9-15H2,1-2H3. The molecule has 0 saturated heterocycles. The van der Waals surface area contributed by atoms with Gasteiger partial charge in [0.2, 0.25) is 0 Å². The largest absolute Gasteiger partial charge is 0.382 e. The van der Waals surface area contributed by atoms with Crippen LogP contribution in [0, 0.1) is 0 Å². The van der Waals surface area contributed by atoms with Crippen LogP contribution >= 0.6 is 0 Å². The lowest BCUT2D eigenvalue weighted by Crippen LogP contribution is -2.22. The summed E-state index contributed by atoms with van der Waals surface area (Å²) in [6.45, 7) is 7.44. The molecule has 0 radical (unpaired) electrons. The summed E-state index contributed by atoms with van der Waals surface area (Å²) in [5.41, 5.74) is 1.37.